The highest BCUT2D eigenvalue weighted by Crippen LogP contribution is 2.47. The summed E-state index contributed by atoms with van der Waals surface area (Å²) < 4.78 is 0. The van der Waals surface area contributed by atoms with Crippen molar-refractivity contribution in [3.8, 4) is 0 Å². The van der Waals surface area contributed by atoms with Gasteiger partial charge in [-0.3, -0.25) is 14.8 Å². The van der Waals surface area contributed by atoms with Crippen LogP contribution in [0.3, 0.4) is 0 Å². The number of hydrogen-bond donors (Lipinski definition) is 1. The van der Waals surface area contributed by atoms with E-state index in [4.69, 9.17) is 0 Å². The lowest BCUT2D eigenvalue weighted by atomic mass is 9.94. The zero-order chi connectivity index (χ0) is 16.5. The van der Waals surface area contributed by atoms with E-state index in [1.165, 1.54) is 24.8 Å². The van der Waals surface area contributed by atoms with Crippen molar-refractivity contribution in [2.45, 2.75) is 38.6 Å². The van der Waals surface area contributed by atoms with Crippen molar-refractivity contribution in [2.24, 2.45) is 11.8 Å². The van der Waals surface area contributed by atoms with Crippen molar-refractivity contribution in [1.29, 1.82) is 0 Å². The molecule has 4 heteroatoms. The molecule has 2 aliphatic carbocycles. The summed E-state index contributed by atoms with van der Waals surface area (Å²) in [4.78, 5) is 14.9. The Hall–Kier alpha value is -2.36. The van der Waals surface area contributed by atoms with Gasteiger partial charge in [-0.25, -0.2) is 0 Å². The van der Waals surface area contributed by atoms with Gasteiger partial charge in [0.25, 0.3) is 5.91 Å². The molecule has 0 spiro atoms. The van der Waals surface area contributed by atoms with Crippen LogP contribution in [0.25, 0.3) is 6.08 Å². The van der Waals surface area contributed by atoms with E-state index in [0.29, 0.717) is 12.0 Å². The Morgan fingerprint density at radius 2 is 2.04 bits per heavy atom. The fourth-order valence-electron chi connectivity index (χ4n) is 4.30. The maximum atomic E-state index is 12.9. The highest BCUT2D eigenvalue weighted by Gasteiger charge is 2.44. The summed E-state index contributed by atoms with van der Waals surface area (Å²) in [6, 6.07) is 10.4. The summed E-state index contributed by atoms with van der Waals surface area (Å²) in [7, 11) is 0. The quantitative estimate of drug-likeness (QED) is 0.867. The number of aromatic nitrogens is 2. The van der Waals surface area contributed by atoms with Gasteiger partial charge < -0.3 is 0 Å². The van der Waals surface area contributed by atoms with Crippen molar-refractivity contribution in [1.82, 2.24) is 10.2 Å². The Morgan fingerprint density at radius 3 is 2.67 bits per heavy atom. The zero-order valence-corrected chi connectivity index (χ0v) is 14.0. The van der Waals surface area contributed by atoms with Crippen LogP contribution in [0.1, 0.15) is 36.8 Å². The van der Waals surface area contributed by atoms with E-state index in [1.807, 2.05) is 29.2 Å². The number of anilines is 1. The normalized spacial score (nSPS) is 25.5. The molecular weight excluding hydrogens is 298 g/mol. The summed E-state index contributed by atoms with van der Waals surface area (Å²) in [6.45, 7) is 2.06. The fraction of sp³-hybridized carbons (Fsp3) is 0.400. The van der Waals surface area contributed by atoms with E-state index in [1.54, 1.807) is 12.3 Å². The molecular formula is C20H23N3O. The SMILES string of the molecule is Cc1ccc(/C=C/C(=O)N(c2ccn[nH]2)C2CC3CCC2C3)cc1. The molecule has 2 aliphatic rings. The van der Waals surface area contributed by atoms with Gasteiger partial charge in [-0.2, -0.15) is 5.10 Å². The van der Waals surface area contributed by atoms with Crippen molar-refractivity contribution >= 4 is 17.8 Å². The molecule has 2 bridgehead atoms. The first-order chi connectivity index (χ1) is 11.7. The van der Waals surface area contributed by atoms with Crippen LogP contribution in [0, 0.1) is 18.8 Å². The van der Waals surface area contributed by atoms with Gasteiger partial charge in [0, 0.05) is 18.2 Å². The Kier molecular flexibility index (Phi) is 3.97. The summed E-state index contributed by atoms with van der Waals surface area (Å²) >= 11 is 0. The highest BCUT2D eigenvalue weighted by molar-refractivity contribution is 6.03. The maximum absolute atomic E-state index is 12.9. The number of hydrogen-bond acceptors (Lipinski definition) is 2. The van der Waals surface area contributed by atoms with Crippen LogP contribution >= 0.6 is 0 Å². The Balaban J connectivity index is 1.57. The van der Waals surface area contributed by atoms with Crippen molar-refractivity contribution in [2.75, 3.05) is 4.90 Å². The maximum Gasteiger partial charge on any atom is 0.252 e. The van der Waals surface area contributed by atoms with Crippen LogP contribution in [-0.2, 0) is 4.79 Å². The molecule has 1 aromatic carbocycles. The van der Waals surface area contributed by atoms with Crippen molar-refractivity contribution in [3.63, 3.8) is 0 Å². The minimum atomic E-state index is 0.0392. The van der Waals surface area contributed by atoms with Crippen molar-refractivity contribution in [3.05, 3.63) is 53.7 Å². The van der Waals surface area contributed by atoms with Crippen molar-refractivity contribution < 1.29 is 4.79 Å². The van der Waals surface area contributed by atoms with Gasteiger partial charge in [0.2, 0.25) is 0 Å². The molecule has 0 saturated heterocycles. The van der Waals surface area contributed by atoms with Gasteiger partial charge in [-0.15, -0.1) is 0 Å². The lowest BCUT2D eigenvalue weighted by molar-refractivity contribution is -0.114. The van der Waals surface area contributed by atoms with E-state index in [9.17, 15) is 4.79 Å². The average molecular weight is 321 g/mol. The second-order valence-electron chi connectivity index (χ2n) is 7.14. The molecule has 2 saturated carbocycles. The number of amides is 1. The monoisotopic (exact) mass is 321 g/mol. The number of nitrogens with zero attached hydrogens (tertiary/aromatic N) is 2. The van der Waals surface area contributed by atoms with Gasteiger partial charge in [-0.05, 0) is 49.7 Å². The molecule has 2 aromatic rings. The Morgan fingerprint density at radius 1 is 1.21 bits per heavy atom. The molecule has 124 valence electrons. The standard InChI is InChI=1S/C20H23N3O/c1-14-2-4-15(5-3-14)7-9-20(24)23(19-10-11-21-22-19)18-13-16-6-8-17(18)12-16/h2-5,7,9-11,16-18H,6,8,12-13H2,1H3,(H,21,22)/b9-7+. The number of benzene rings is 1. The molecule has 3 atom stereocenters. The minimum Gasteiger partial charge on any atom is -0.290 e. The van der Waals surface area contributed by atoms with Gasteiger partial charge in [-0.1, -0.05) is 36.2 Å². The van der Waals surface area contributed by atoms with E-state index >= 15 is 0 Å². The number of aromatic amines is 1. The molecule has 2 fully saturated rings. The fourth-order valence-corrected chi connectivity index (χ4v) is 4.30. The number of aryl methyl sites for hydroxylation is 1. The molecule has 1 aromatic heterocycles. The number of carbonyl (C=O) groups is 1. The highest BCUT2D eigenvalue weighted by atomic mass is 16.2. The molecule has 4 nitrogen and oxygen atoms in total. The zero-order valence-electron chi connectivity index (χ0n) is 14.0. The Labute approximate surface area is 142 Å². The van der Waals surface area contributed by atoms with E-state index in [2.05, 4.69) is 29.3 Å². The van der Waals surface area contributed by atoms with E-state index in [-0.39, 0.29) is 5.91 Å². The minimum absolute atomic E-state index is 0.0392. The van der Waals surface area contributed by atoms with Crippen LogP contribution in [-0.4, -0.2) is 22.1 Å². The number of carbonyl (C=O) groups excluding carboxylic acids is 1. The lowest BCUT2D eigenvalue weighted by Crippen LogP contribution is -2.43. The molecule has 3 unspecified atom stereocenters. The van der Waals surface area contributed by atoms with Crippen LogP contribution in [0.2, 0.25) is 0 Å². The van der Waals surface area contributed by atoms with Gasteiger partial charge in [0.05, 0.1) is 6.20 Å². The smallest absolute Gasteiger partial charge is 0.252 e. The van der Waals surface area contributed by atoms with Crippen LogP contribution < -0.4 is 4.90 Å². The second kappa shape index (κ2) is 6.27. The molecule has 1 N–H and O–H groups in total. The number of rotatable bonds is 4. The molecule has 24 heavy (non-hydrogen) atoms. The third kappa shape index (κ3) is 2.88. The number of H-pyrrole nitrogens is 1. The predicted octanol–water partition coefficient (Wildman–Crippen LogP) is 3.95. The molecule has 0 radical (unpaired) electrons. The largest absolute Gasteiger partial charge is 0.290 e. The number of fused-ring (bicyclic) bond motifs is 2. The van der Waals surface area contributed by atoms with Gasteiger partial charge >= 0.3 is 0 Å². The summed E-state index contributed by atoms with van der Waals surface area (Å²) in [5.41, 5.74) is 2.27. The van der Waals surface area contributed by atoms with Crippen LogP contribution in [0.5, 0.6) is 0 Å². The lowest BCUT2D eigenvalue weighted by Gasteiger charge is -2.32. The van der Waals surface area contributed by atoms with E-state index < -0.39 is 0 Å². The second-order valence-corrected chi connectivity index (χ2v) is 7.14. The topological polar surface area (TPSA) is 49.0 Å². The molecule has 1 heterocycles. The summed E-state index contributed by atoms with van der Waals surface area (Å²) in [6.07, 6.45) is 10.3. The molecule has 1 amide bonds. The van der Waals surface area contributed by atoms with Gasteiger partial charge in [0.1, 0.15) is 5.82 Å². The third-order valence-electron chi connectivity index (χ3n) is 5.51. The van der Waals surface area contributed by atoms with E-state index in [0.717, 1.165) is 23.7 Å². The first-order valence-electron chi connectivity index (χ1n) is 8.78. The molecule has 4 rings (SSSR count). The van der Waals surface area contributed by atoms with Crippen LogP contribution in [0.4, 0.5) is 5.82 Å². The third-order valence-corrected chi connectivity index (χ3v) is 5.51. The average Bonchev–Trinajstić information content (AvgIpc) is 3.33. The first-order valence-corrected chi connectivity index (χ1v) is 8.78. The summed E-state index contributed by atoms with van der Waals surface area (Å²) in [5.74, 6) is 2.28. The predicted molar refractivity (Wildman–Crippen MR) is 95.5 cm³/mol. The molecule has 0 aliphatic heterocycles. The summed E-state index contributed by atoms with van der Waals surface area (Å²) in [5, 5.41) is 7.03. The number of nitrogens with one attached hydrogen (secondary N) is 1. The van der Waals surface area contributed by atoms with Crippen LogP contribution in [0.15, 0.2) is 42.6 Å². The first kappa shape index (κ1) is 15.2. The Bertz CT molecular complexity index is 733. The van der Waals surface area contributed by atoms with Gasteiger partial charge in [0.15, 0.2) is 0 Å².